The fraction of sp³-hybridized carbons (Fsp3) is 0.909. The minimum Gasteiger partial charge on any atom is -0.354 e. The normalized spacial score (nSPS) is 23.0. The molecule has 1 aliphatic rings. The van der Waals surface area contributed by atoms with Crippen molar-refractivity contribution < 1.29 is 4.79 Å². The van der Waals surface area contributed by atoms with Gasteiger partial charge in [0.1, 0.15) is 0 Å². The third-order valence-electron chi connectivity index (χ3n) is 2.61. The maximum atomic E-state index is 11.7. The first kappa shape index (κ1) is 11.5. The lowest BCUT2D eigenvalue weighted by molar-refractivity contribution is -0.125. The van der Waals surface area contributed by atoms with Crippen LogP contribution in [0.3, 0.4) is 0 Å². The Hall–Kier alpha value is -0.570. The van der Waals surface area contributed by atoms with E-state index in [2.05, 4.69) is 17.1 Å². The maximum absolute atomic E-state index is 11.7. The summed E-state index contributed by atoms with van der Waals surface area (Å²) in [5.74, 6) is 0.461. The molecule has 1 rings (SSSR count). The van der Waals surface area contributed by atoms with Crippen molar-refractivity contribution in [3.05, 3.63) is 0 Å². The lowest BCUT2D eigenvalue weighted by atomic mass is 10.1. The molecule has 0 aromatic carbocycles. The number of carbonyl (C=O) groups is 1. The Morgan fingerprint density at radius 2 is 2.29 bits per heavy atom. The predicted molar refractivity (Wildman–Crippen MR) is 58.1 cm³/mol. The van der Waals surface area contributed by atoms with Gasteiger partial charge in [-0.2, -0.15) is 0 Å². The number of likely N-dealkylation sites (tertiary alicyclic amines) is 1. The van der Waals surface area contributed by atoms with Gasteiger partial charge in [0.2, 0.25) is 5.91 Å². The molecule has 1 saturated heterocycles. The number of carbonyl (C=O) groups excluding carboxylic acids is 1. The van der Waals surface area contributed by atoms with Gasteiger partial charge in [-0.05, 0) is 39.8 Å². The van der Waals surface area contributed by atoms with Crippen LogP contribution in [-0.4, -0.2) is 36.5 Å². The van der Waals surface area contributed by atoms with Crippen LogP contribution < -0.4 is 5.32 Å². The first-order valence-corrected chi connectivity index (χ1v) is 5.66. The van der Waals surface area contributed by atoms with Gasteiger partial charge < -0.3 is 10.2 Å². The molecule has 1 aliphatic heterocycles. The highest BCUT2D eigenvalue weighted by Crippen LogP contribution is 2.16. The van der Waals surface area contributed by atoms with E-state index in [0.717, 1.165) is 26.1 Å². The van der Waals surface area contributed by atoms with E-state index in [-0.39, 0.29) is 17.9 Å². The summed E-state index contributed by atoms with van der Waals surface area (Å²) in [6, 6.07) is 0.266. The minimum atomic E-state index is 0.226. The molecule has 0 saturated carbocycles. The second kappa shape index (κ2) is 5.35. The number of hydrogen-bond donors (Lipinski definition) is 1. The molecule has 0 radical (unpaired) electrons. The quantitative estimate of drug-likeness (QED) is 0.737. The number of rotatable bonds is 4. The molecule has 0 bridgehead atoms. The Morgan fingerprint density at radius 3 is 2.86 bits per heavy atom. The molecule has 3 heteroatoms. The molecule has 14 heavy (non-hydrogen) atoms. The van der Waals surface area contributed by atoms with Crippen molar-refractivity contribution in [2.45, 2.75) is 39.7 Å². The molecular formula is C11H22N2O. The van der Waals surface area contributed by atoms with Crippen LogP contribution in [-0.2, 0) is 4.79 Å². The smallest absolute Gasteiger partial charge is 0.224 e. The zero-order chi connectivity index (χ0) is 10.6. The van der Waals surface area contributed by atoms with Crippen molar-refractivity contribution in [1.82, 2.24) is 10.2 Å². The third kappa shape index (κ3) is 3.29. The maximum Gasteiger partial charge on any atom is 0.224 e. The summed E-state index contributed by atoms with van der Waals surface area (Å²) >= 11 is 0. The van der Waals surface area contributed by atoms with Crippen molar-refractivity contribution in [2.24, 2.45) is 5.92 Å². The number of nitrogens with one attached hydrogen (secondary N) is 1. The van der Waals surface area contributed by atoms with Gasteiger partial charge in [0, 0.05) is 12.6 Å². The zero-order valence-corrected chi connectivity index (χ0v) is 9.55. The summed E-state index contributed by atoms with van der Waals surface area (Å²) in [4.78, 5) is 14.0. The van der Waals surface area contributed by atoms with Gasteiger partial charge in [-0.25, -0.2) is 0 Å². The molecule has 1 N–H and O–H groups in total. The summed E-state index contributed by atoms with van der Waals surface area (Å²) in [6.45, 7) is 9.37. The highest BCUT2D eigenvalue weighted by Gasteiger charge is 2.27. The molecule has 0 aromatic heterocycles. The van der Waals surface area contributed by atoms with Gasteiger partial charge in [0.05, 0.1) is 5.92 Å². The van der Waals surface area contributed by atoms with Crippen molar-refractivity contribution in [1.29, 1.82) is 0 Å². The molecule has 0 unspecified atom stereocenters. The van der Waals surface area contributed by atoms with Crippen LogP contribution >= 0.6 is 0 Å². The van der Waals surface area contributed by atoms with Gasteiger partial charge in [-0.3, -0.25) is 4.79 Å². The van der Waals surface area contributed by atoms with Crippen LogP contribution in [0.1, 0.15) is 33.6 Å². The molecule has 0 spiro atoms. The molecule has 0 aromatic rings. The van der Waals surface area contributed by atoms with Crippen LogP contribution in [0.2, 0.25) is 0 Å². The van der Waals surface area contributed by atoms with E-state index in [1.807, 2.05) is 13.8 Å². The van der Waals surface area contributed by atoms with E-state index in [4.69, 9.17) is 0 Å². The average molecular weight is 198 g/mol. The summed E-state index contributed by atoms with van der Waals surface area (Å²) in [5.41, 5.74) is 0. The standard InChI is InChI=1S/C11H22N2O/c1-4-6-13-7-5-10(8-13)11(14)12-9(2)3/h9-10H,4-8H2,1-3H3,(H,12,14)/t10-/m0/s1. The summed E-state index contributed by atoms with van der Waals surface area (Å²) < 4.78 is 0. The van der Waals surface area contributed by atoms with E-state index < -0.39 is 0 Å². The Morgan fingerprint density at radius 1 is 1.57 bits per heavy atom. The first-order valence-electron chi connectivity index (χ1n) is 5.66. The molecular weight excluding hydrogens is 176 g/mol. The number of nitrogens with zero attached hydrogens (tertiary/aromatic N) is 1. The van der Waals surface area contributed by atoms with Gasteiger partial charge in [0.15, 0.2) is 0 Å². The molecule has 1 fully saturated rings. The highest BCUT2D eigenvalue weighted by atomic mass is 16.2. The Balaban J connectivity index is 2.30. The zero-order valence-electron chi connectivity index (χ0n) is 9.55. The summed E-state index contributed by atoms with van der Waals surface area (Å²) in [6.07, 6.45) is 2.21. The lowest BCUT2D eigenvalue weighted by Crippen LogP contribution is -2.36. The summed E-state index contributed by atoms with van der Waals surface area (Å²) in [7, 11) is 0. The minimum absolute atomic E-state index is 0.226. The second-order valence-electron chi connectivity index (χ2n) is 4.45. The lowest BCUT2D eigenvalue weighted by Gasteiger charge is -2.15. The van der Waals surface area contributed by atoms with E-state index >= 15 is 0 Å². The van der Waals surface area contributed by atoms with Crippen molar-refractivity contribution in [3.63, 3.8) is 0 Å². The SMILES string of the molecule is CCCN1CC[C@H](C(=O)NC(C)C)C1. The van der Waals surface area contributed by atoms with Crippen LogP contribution in [0, 0.1) is 5.92 Å². The number of amides is 1. The van der Waals surface area contributed by atoms with Crippen molar-refractivity contribution in [2.75, 3.05) is 19.6 Å². The number of hydrogen-bond acceptors (Lipinski definition) is 2. The van der Waals surface area contributed by atoms with Crippen LogP contribution in [0.15, 0.2) is 0 Å². The third-order valence-corrected chi connectivity index (χ3v) is 2.61. The Kier molecular flexibility index (Phi) is 4.39. The van der Waals surface area contributed by atoms with E-state index in [9.17, 15) is 4.79 Å². The molecule has 1 amide bonds. The van der Waals surface area contributed by atoms with Gasteiger partial charge in [-0.1, -0.05) is 6.92 Å². The van der Waals surface area contributed by atoms with Crippen LogP contribution in [0.25, 0.3) is 0 Å². The molecule has 3 nitrogen and oxygen atoms in total. The summed E-state index contributed by atoms with van der Waals surface area (Å²) in [5, 5.41) is 2.98. The van der Waals surface area contributed by atoms with E-state index in [1.54, 1.807) is 0 Å². The Labute approximate surface area is 86.9 Å². The van der Waals surface area contributed by atoms with Crippen LogP contribution in [0.4, 0.5) is 0 Å². The van der Waals surface area contributed by atoms with Gasteiger partial charge in [-0.15, -0.1) is 0 Å². The molecule has 1 atom stereocenters. The van der Waals surface area contributed by atoms with Crippen molar-refractivity contribution in [3.8, 4) is 0 Å². The Bertz CT molecular complexity index is 192. The van der Waals surface area contributed by atoms with E-state index in [1.165, 1.54) is 6.42 Å². The average Bonchev–Trinajstić information content (AvgIpc) is 2.52. The fourth-order valence-corrected chi connectivity index (χ4v) is 1.97. The molecule has 1 heterocycles. The first-order chi connectivity index (χ1) is 6.63. The van der Waals surface area contributed by atoms with Gasteiger partial charge >= 0.3 is 0 Å². The van der Waals surface area contributed by atoms with Gasteiger partial charge in [0.25, 0.3) is 0 Å². The molecule has 82 valence electrons. The largest absolute Gasteiger partial charge is 0.354 e. The predicted octanol–water partition coefficient (Wildman–Crippen LogP) is 1.24. The fourth-order valence-electron chi connectivity index (χ4n) is 1.97. The highest BCUT2D eigenvalue weighted by molar-refractivity contribution is 5.79. The van der Waals surface area contributed by atoms with E-state index in [0.29, 0.717) is 0 Å². The second-order valence-corrected chi connectivity index (χ2v) is 4.45. The monoisotopic (exact) mass is 198 g/mol. The van der Waals surface area contributed by atoms with Crippen molar-refractivity contribution >= 4 is 5.91 Å². The topological polar surface area (TPSA) is 32.3 Å². The molecule has 0 aliphatic carbocycles. The van der Waals surface area contributed by atoms with Crippen LogP contribution in [0.5, 0.6) is 0 Å².